The molecule has 2 aliphatic rings. The third kappa shape index (κ3) is 6.94. The lowest BCUT2D eigenvalue weighted by Gasteiger charge is -2.34. The molecule has 206 valence electrons. The van der Waals surface area contributed by atoms with E-state index in [9.17, 15) is 4.79 Å². The molecule has 1 aromatic heterocycles. The zero-order valence-electron chi connectivity index (χ0n) is 22.6. The number of amides is 1. The van der Waals surface area contributed by atoms with Crippen molar-refractivity contribution in [1.82, 2.24) is 14.9 Å². The van der Waals surface area contributed by atoms with Crippen LogP contribution >= 0.6 is 0 Å². The first-order valence-corrected chi connectivity index (χ1v) is 13.0. The van der Waals surface area contributed by atoms with Crippen molar-refractivity contribution in [3.63, 3.8) is 0 Å². The molecule has 0 bridgehead atoms. The lowest BCUT2D eigenvalue weighted by atomic mass is 10.2. The Bertz CT molecular complexity index is 1280. The van der Waals surface area contributed by atoms with Crippen molar-refractivity contribution in [2.24, 2.45) is 0 Å². The summed E-state index contributed by atoms with van der Waals surface area (Å²) < 4.78 is 5.62. The third-order valence-electron chi connectivity index (χ3n) is 6.58. The fraction of sp³-hybridized carbons (Fsp3) is 0.357. The summed E-state index contributed by atoms with van der Waals surface area (Å²) in [5.41, 5.74) is 4.69. The molecular weight excluding hydrogens is 498 g/mol. The summed E-state index contributed by atoms with van der Waals surface area (Å²) in [6, 6.07) is 14.2. The molecule has 0 saturated carbocycles. The average molecular weight is 534 g/mol. The number of aromatic nitrogens is 2. The maximum atomic E-state index is 12.4. The van der Waals surface area contributed by atoms with Gasteiger partial charge in [0.05, 0.1) is 5.69 Å². The molecule has 5 rings (SSSR count). The monoisotopic (exact) mass is 533 g/mol. The Morgan fingerprint density at radius 1 is 1.05 bits per heavy atom. The van der Waals surface area contributed by atoms with Crippen LogP contribution in [0.1, 0.15) is 18.9 Å². The quantitative estimate of drug-likeness (QED) is 0.386. The van der Waals surface area contributed by atoms with Gasteiger partial charge in [0.1, 0.15) is 11.6 Å². The van der Waals surface area contributed by atoms with Gasteiger partial charge >= 0.3 is 0 Å². The van der Waals surface area contributed by atoms with Crippen LogP contribution in [0.3, 0.4) is 0 Å². The third-order valence-corrected chi connectivity index (χ3v) is 6.58. The standard InChI is InChI=1S/C27H33N7O2.CH2O2/c1-4-11-34-23-16-21(7-10-24(23)36-18-25(34)35)29-26-19(2)17-28-27(31-26)30-20-5-8-22(9-6-20)33-14-12-32(3)13-15-33;2-1-3/h5-10,16-17H,4,11-15,18H2,1-3H3,(H2,28,29,30,31);1H,(H,2,3). The maximum Gasteiger partial charge on any atom is 0.290 e. The predicted octanol–water partition coefficient (Wildman–Crippen LogP) is 3.86. The highest BCUT2D eigenvalue weighted by Gasteiger charge is 2.25. The Labute approximate surface area is 228 Å². The second kappa shape index (κ2) is 12.9. The number of rotatable bonds is 7. The minimum Gasteiger partial charge on any atom is -0.483 e. The van der Waals surface area contributed by atoms with Crippen molar-refractivity contribution in [1.29, 1.82) is 0 Å². The summed E-state index contributed by atoms with van der Waals surface area (Å²) in [5, 5.41) is 13.6. The number of carbonyl (C=O) groups excluding carboxylic acids is 1. The zero-order valence-corrected chi connectivity index (χ0v) is 22.6. The van der Waals surface area contributed by atoms with Crippen LogP contribution in [0.5, 0.6) is 5.75 Å². The van der Waals surface area contributed by atoms with E-state index in [1.165, 1.54) is 5.69 Å². The fourth-order valence-corrected chi connectivity index (χ4v) is 4.46. The van der Waals surface area contributed by atoms with Crippen molar-refractivity contribution >= 4 is 46.9 Å². The van der Waals surface area contributed by atoms with E-state index in [0.717, 1.165) is 61.0 Å². The number of anilines is 6. The van der Waals surface area contributed by atoms with Crippen molar-refractivity contribution in [3.05, 3.63) is 54.2 Å². The van der Waals surface area contributed by atoms with E-state index in [1.54, 1.807) is 11.1 Å². The van der Waals surface area contributed by atoms with Crippen LogP contribution < -0.4 is 25.2 Å². The molecular formula is C28H35N7O4. The number of hydrogen-bond donors (Lipinski definition) is 3. The summed E-state index contributed by atoms with van der Waals surface area (Å²) >= 11 is 0. The zero-order chi connectivity index (χ0) is 27.8. The lowest BCUT2D eigenvalue weighted by molar-refractivity contribution is -0.123. The number of aryl methyl sites for hydroxylation is 1. The van der Waals surface area contributed by atoms with Gasteiger partial charge in [-0.05, 0) is 62.9 Å². The molecule has 0 radical (unpaired) electrons. The van der Waals surface area contributed by atoms with E-state index in [-0.39, 0.29) is 19.0 Å². The highest BCUT2D eigenvalue weighted by molar-refractivity contribution is 5.98. The van der Waals surface area contributed by atoms with Gasteiger partial charge in [0.2, 0.25) is 5.95 Å². The first-order chi connectivity index (χ1) is 18.9. The van der Waals surface area contributed by atoms with Crippen LogP contribution in [0.4, 0.5) is 34.5 Å². The number of benzene rings is 2. The summed E-state index contributed by atoms with van der Waals surface area (Å²) in [4.78, 5) is 36.4. The summed E-state index contributed by atoms with van der Waals surface area (Å²) in [6.45, 7) is 8.75. The Kier molecular flexibility index (Phi) is 9.16. The molecule has 0 unspecified atom stereocenters. The molecule has 1 saturated heterocycles. The molecule has 3 heterocycles. The Balaban J connectivity index is 0.00000112. The molecule has 3 N–H and O–H groups in total. The number of likely N-dealkylation sites (N-methyl/N-ethyl adjacent to an activating group) is 1. The average Bonchev–Trinajstić information content (AvgIpc) is 2.94. The molecule has 3 aromatic rings. The van der Waals surface area contributed by atoms with Gasteiger partial charge in [0.25, 0.3) is 12.4 Å². The van der Waals surface area contributed by atoms with Crippen molar-refractivity contribution in [2.75, 3.05) is 66.8 Å². The molecule has 11 heteroatoms. The predicted molar refractivity (Wildman–Crippen MR) is 153 cm³/mol. The van der Waals surface area contributed by atoms with Crippen LogP contribution in [0.15, 0.2) is 48.7 Å². The number of nitrogens with zero attached hydrogens (tertiary/aromatic N) is 5. The van der Waals surface area contributed by atoms with Gasteiger partial charge in [-0.1, -0.05) is 6.92 Å². The van der Waals surface area contributed by atoms with Crippen LogP contribution in [0.2, 0.25) is 0 Å². The van der Waals surface area contributed by atoms with Gasteiger partial charge in [-0.25, -0.2) is 4.98 Å². The molecule has 1 amide bonds. The SMILES string of the molecule is CCCN1C(=O)COc2ccc(Nc3nc(Nc4ccc(N5CCN(C)CC5)cc4)ncc3C)cc21.O=CO. The topological polar surface area (TPSA) is 123 Å². The minimum absolute atomic E-state index is 0.0233. The first-order valence-electron chi connectivity index (χ1n) is 13.0. The van der Waals surface area contributed by atoms with Crippen LogP contribution in [-0.2, 0) is 9.59 Å². The van der Waals surface area contributed by atoms with E-state index in [2.05, 4.69) is 63.7 Å². The first kappa shape index (κ1) is 27.6. The van der Waals surface area contributed by atoms with Gasteiger partial charge in [-0.2, -0.15) is 4.98 Å². The van der Waals surface area contributed by atoms with E-state index in [0.29, 0.717) is 18.3 Å². The Morgan fingerprint density at radius 2 is 1.74 bits per heavy atom. The van der Waals surface area contributed by atoms with Crippen LogP contribution in [-0.4, -0.2) is 78.7 Å². The molecule has 0 spiro atoms. The highest BCUT2D eigenvalue weighted by atomic mass is 16.5. The minimum atomic E-state index is -0.250. The number of nitrogens with one attached hydrogen (secondary N) is 2. The number of hydrogen-bond acceptors (Lipinski definition) is 9. The number of carboxylic acid groups (broad SMARTS) is 1. The largest absolute Gasteiger partial charge is 0.483 e. The van der Waals surface area contributed by atoms with Crippen LogP contribution in [0, 0.1) is 6.92 Å². The molecule has 1 fully saturated rings. The van der Waals surface area contributed by atoms with Gasteiger partial charge in [-0.3, -0.25) is 9.59 Å². The molecule has 11 nitrogen and oxygen atoms in total. The Hall–Kier alpha value is -4.38. The second-order valence-electron chi connectivity index (χ2n) is 9.43. The lowest BCUT2D eigenvalue weighted by Crippen LogP contribution is -2.44. The molecule has 0 aliphatic carbocycles. The normalized spacial score (nSPS) is 15.0. The van der Waals surface area contributed by atoms with Crippen molar-refractivity contribution in [2.45, 2.75) is 20.3 Å². The summed E-state index contributed by atoms with van der Waals surface area (Å²) in [5.74, 6) is 1.91. The van der Waals surface area contributed by atoms with Gasteiger partial charge < -0.3 is 35.2 Å². The molecule has 2 aliphatic heterocycles. The number of ether oxygens (including phenoxy) is 1. The molecule has 2 aromatic carbocycles. The van der Waals surface area contributed by atoms with Crippen molar-refractivity contribution < 1.29 is 19.4 Å². The summed E-state index contributed by atoms with van der Waals surface area (Å²) in [7, 11) is 2.16. The van der Waals surface area contributed by atoms with Gasteiger partial charge in [-0.15, -0.1) is 0 Å². The number of piperazine rings is 1. The highest BCUT2D eigenvalue weighted by Crippen LogP contribution is 2.35. The van der Waals surface area contributed by atoms with E-state index >= 15 is 0 Å². The van der Waals surface area contributed by atoms with E-state index in [4.69, 9.17) is 19.6 Å². The number of carbonyl (C=O) groups is 2. The fourth-order valence-electron chi connectivity index (χ4n) is 4.46. The molecule has 0 atom stereocenters. The Morgan fingerprint density at radius 3 is 2.44 bits per heavy atom. The maximum absolute atomic E-state index is 12.4. The number of fused-ring (bicyclic) bond motifs is 1. The molecule has 39 heavy (non-hydrogen) atoms. The van der Waals surface area contributed by atoms with Gasteiger partial charge in [0, 0.05) is 61.5 Å². The summed E-state index contributed by atoms with van der Waals surface area (Å²) in [6.07, 6.45) is 2.67. The van der Waals surface area contributed by atoms with Gasteiger partial charge in [0.15, 0.2) is 6.61 Å². The van der Waals surface area contributed by atoms with E-state index in [1.807, 2.05) is 25.1 Å². The van der Waals surface area contributed by atoms with Crippen molar-refractivity contribution in [3.8, 4) is 5.75 Å². The van der Waals surface area contributed by atoms with Crippen LogP contribution in [0.25, 0.3) is 0 Å². The van der Waals surface area contributed by atoms with E-state index < -0.39 is 0 Å². The second-order valence-corrected chi connectivity index (χ2v) is 9.43. The smallest absolute Gasteiger partial charge is 0.290 e.